The van der Waals surface area contributed by atoms with Crippen LogP contribution in [0.1, 0.15) is 39.5 Å². The molecule has 1 heterocycles. The van der Waals surface area contributed by atoms with Crippen LogP contribution in [0.25, 0.3) is 0 Å². The van der Waals surface area contributed by atoms with E-state index in [1.54, 1.807) is 4.90 Å². The lowest BCUT2D eigenvalue weighted by molar-refractivity contribution is -0.125. The number of carbonyl (C=O) groups excluding carboxylic acids is 2. The van der Waals surface area contributed by atoms with Gasteiger partial charge >= 0.3 is 6.09 Å². The molecule has 2 fully saturated rings. The van der Waals surface area contributed by atoms with E-state index in [-0.39, 0.29) is 30.1 Å². The highest BCUT2D eigenvalue weighted by molar-refractivity contribution is 5.79. The first kappa shape index (κ1) is 13.2. The summed E-state index contributed by atoms with van der Waals surface area (Å²) < 4.78 is 5.22. The van der Waals surface area contributed by atoms with Crippen LogP contribution in [0.3, 0.4) is 0 Å². The van der Waals surface area contributed by atoms with Gasteiger partial charge < -0.3 is 15.0 Å². The molecule has 0 aromatic carbocycles. The third-order valence-corrected chi connectivity index (χ3v) is 3.76. The first-order valence-electron chi connectivity index (χ1n) is 6.83. The predicted molar refractivity (Wildman–Crippen MR) is 67.1 cm³/mol. The van der Waals surface area contributed by atoms with Gasteiger partial charge in [-0.3, -0.25) is 4.79 Å². The van der Waals surface area contributed by atoms with Crippen LogP contribution < -0.4 is 5.32 Å². The number of cyclic esters (lactones) is 1. The standard InChI is InChI=1S/C13H22N2O3/c1-9(2)15-8-11(18-13(15)17)7-14-12(16)10-5-3-4-6-10/h9-11H,3-8H2,1-2H3,(H,14,16). The van der Waals surface area contributed by atoms with E-state index in [9.17, 15) is 9.59 Å². The van der Waals surface area contributed by atoms with Gasteiger partial charge in [-0.1, -0.05) is 12.8 Å². The van der Waals surface area contributed by atoms with Gasteiger partial charge in [0.25, 0.3) is 0 Å². The van der Waals surface area contributed by atoms with E-state index in [1.807, 2.05) is 13.8 Å². The normalized spacial score (nSPS) is 24.7. The molecule has 0 spiro atoms. The topological polar surface area (TPSA) is 58.6 Å². The Morgan fingerprint density at radius 1 is 1.44 bits per heavy atom. The van der Waals surface area contributed by atoms with Gasteiger partial charge in [-0.15, -0.1) is 0 Å². The minimum absolute atomic E-state index is 0.117. The zero-order chi connectivity index (χ0) is 13.1. The summed E-state index contributed by atoms with van der Waals surface area (Å²) in [5.41, 5.74) is 0. The second-order valence-corrected chi connectivity index (χ2v) is 5.48. The maximum atomic E-state index is 11.8. The molecule has 2 rings (SSSR count). The number of nitrogens with one attached hydrogen (secondary N) is 1. The van der Waals surface area contributed by atoms with Gasteiger partial charge in [0.1, 0.15) is 6.10 Å². The average Bonchev–Trinajstić information content (AvgIpc) is 2.94. The summed E-state index contributed by atoms with van der Waals surface area (Å²) >= 11 is 0. The van der Waals surface area contributed by atoms with Crippen molar-refractivity contribution in [3.05, 3.63) is 0 Å². The van der Waals surface area contributed by atoms with Crippen molar-refractivity contribution in [1.82, 2.24) is 10.2 Å². The zero-order valence-corrected chi connectivity index (χ0v) is 11.1. The summed E-state index contributed by atoms with van der Waals surface area (Å²) in [6.45, 7) is 4.92. The second kappa shape index (κ2) is 5.59. The summed E-state index contributed by atoms with van der Waals surface area (Å²) in [6.07, 6.45) is 3.81. The van der Waals surface area contributed by atoms with Crippen molar-refractivity contribution in [2.75, 3.05) is 13.1 Å². The fourth-order valence-electron chi connectivity index (χ4n) is 2.62. The number of hydrogen-bond acceptors (Lipinski definition) is 3. The van der Waals surface area contributed by atoms with Crippen molar-refractivity contribution in [2.24, 2.45) is 5.92 Å². The SMILES string of the molecule is CC(C)N1CC(CNC(=O)C2CCCC2)OC1=O. The Balaban J connectivity index is 1.74. The van der Waals surface area contributed by atoms with Crippen LogP contribution >= 0.6 is 0 Å². The molecule has 1 unspecified atom stereocenters. The highest BCUT2D eigenvalue weighted by Crippen LogP contribution is 2.24. The Hall–Kier alpha value is -1.26. The zero-order valence-electron chi connectivity index (χ0n) is 11.1. The fraction of sp³-hybridized carbons (Fsp3) is 0.846. The summed E-state index contributed by atoms with van der Waals surface area (Å²) in [4.78, 5) is 25.0. The predicted octanol–water partition coefficient (Wildman–Crippen LogP) is 1.52. The van der Waals surface area contributed by atoms with Crippen LogP contribution in [0.4, 0.5) is 4.79 Å². The number of hydrogen-bond donors (Lipinski definition) is 1. The van der Waals surface area contributed by atoms with Crippen molar-refractivity contribution in [1.29, 1.82) is 0 Å². The largest absolute Gasteiger partial charge is 0.442 e. The molecule has 102 valence electrons. The number of carbonyl (C=O) groups is 2. The minimum atomic E-state index is -0.273. The van der Waals surface area contributed by atoms with Crippen molar-refractivity contribution < 1.29 is 14.3 Å². The molecule has 1 aliphatic carbocycles. The fourth-order valence-corrected chi connectivity index (χ4v) is 2.62. The Kier molecular flexibility index (Phi) is 4.09. The molecule has 0 aromatic rings. The van der Waals surface area contributed by atoms with Crippen LogP contribution in [0, 0.1) is 5.92 Å². The molecule has 0 bridgehead atoms. The number of nitrogens with zero attached hydrogens (tertiary/aromatic N) is 1. The molecule has 1 atom stereocenters. The lowest BCUT2D eigenvalue weighted by Crippen LogP contribution is -2.38. The number of ether oxygens (including phenoxy) is 1. The molecule has 5 heteroatoms. The Morgan fingerprint density at radius 3 is 2.67 bits per heavy atom. The van der Waals surface area contributed by atoms with E-state index in [0.29, 0.717) is 13.1 Å². The van der Waals surface area contributed by atoms with Gasteiger partial charge in [-0.05, 0) is 26.7 Å². The molecular weight excluding hydrogens is 232 g/mol. The van der Waals surface area contributed by atoms with E-state index < -0.39 is 0 Å². The van der Waals surface area contributed by atoms with Gasteiger partial charge in [0, 0.05) is 12.0 Å². The first-order chi connectivity index (χ1) is 8.58. The molecule has 0 aromatic heterocycles. The average molecular weight is 254 g/mol. The highest BCUT2D eigenvalue weighted by atomic mass is 16.6. The summed E-state index contributed by atoms with van der Waals surface area (Å²) in [5, 5.41) is 2.90. The van der Waals surface area contributed by atoms with Crippen molar-refractivity contribution in [3.63, 3.8) is 0 Å². The lowest BCUT2D eigenvalue weighted by atomic mass is 10.1. The molecular formula is C13H22N2O3. The summed E-state index contributed by atoms with van der Waals surface area (Å²) in [6, 6.07) is 0.146. The van der Waals surface area contributed by atoms with Gasteiger partial charge in [-0.25, -0.2) is 4.79 Å². The molecule has 5 nitrogen and oxygen atoms in total. The maximum absolute atomic E-state index is 11.8. The van der Waals surface area contributed by atoms with E-state index >= 15 is 0 Å². The third kappa shape index (κ3) is 2.94. The van der Waals surface area contributed by atoms with Crippen LogP contribution in [0.2, 0.25) is 0 Å². The number of rotatable bonds is 4. The molecule has 2 amide bonds. The Labute approximate surface area is 108 Å². The molecule has 1 saturated heterocycles. The molecule has 2 aliphatic rings. The monoisotopic (exact) mass is 254 g/mol. The smallest absolute Gasteiger partial charge is 0.410 e. The molecule has 1 aliphatic heterocycles. The van der Waals surface area contributed by atoms with Crippen LogP contribution in [0.5, 0.6) is 0 Å². The second-order valence-electron chi connectivity index (χ2n) is 5.48. The lowest BCUT2D eigenvalue weighted by Gasteiger charge is -2.17. The summed E-state index contributed by atoms with van der Waals surface area (Å²) in [7, 11) is 0. The molecule has 1 N–H and O–H groups in total. The minimum Gasteiger partial charge on any atom is -0.442 e. The quantitative estimate of drug-likeness (QED) is 0.827. The van der Waals surface area contributed by atoms with Gasteiger partial charge in [0.05, 0.1) is 13.1 Å². The first-order valence-corrected chi connectivity index (χ1v) is 6.83. The maximum Gasteiger partial charge on any atom is 0.410 e. The van der Waals surface area contributed by atoms with Gasteiger partial charge in [0.15, 0.2) is 0 Å². The third-order valence-electron chi connectivity index (χ3n) is 3.76. The van der Waals surface area contributed by atoms with Crippen LogP contribution in [-0.4, -0.2) is 42.1 Å². The van der Waals surface area contributed by atoms with Gasteiger partial charge in [0.2, 0.25) is 5.91 Å². The van der Waals surface area contributed by atoms with E-state index in [4.69, 9.17) is 4.74 Å². The highest BCUT2D eigenvalue weighted by Gasteiger charge is 2.33. The molecule has 18 heavy (non-hydrogen) atoms. The van der Waals surface area contributed by atoms with E-state index in [1.165, 1.54) is 0 Å². The summed E-state index contributed by atoms with van der Waals surface area (Å²) in [5.74, 6) is 0.287. The van der Waals surface area contributed by atoms with Gasteiger partial charge in [-0.2, -0.15) is 0 Å². The van der Waals surface area contributed by atoms with Crippen molar-refractivity contribution >= 4 is 12.0 Å². The Morgan fingerprint density at radius 2 is 2.11 bits per heavy atom. The molecule has 0 radical (unpaired) electrons. The molecule has 1 saturated carbocycles. The van der Waals surface area contributed by atoms with Crippen molar-refractivity contribution in [2.45, 2.75) is 51.7 Å². The van der Waals surface area contributed by atoms with Crippen LogP contribution in [-0.2, 0) is 9.53 Å². The van der Waals surface area contributed by atoms with Crippen molar-refractivity contribution in [3.8, 4) is 0 Å². The van der Waals surface area contributed by atoms with E-state index in [0.717, 1.165) is 25.7 Å². The van der Waals surface area contributed by atoms with E-state index in [2.05, 4.69) is 5.32 Å². The number of amides is 2. The van der Waals surface area contributed by atoms with Crippen LogP contribution in [0.15, 0.2) is 0 Å². The Bertz CT molecular complexity index is 324.